The number of amides is 1. The second-order valence-electron chi connectivity index (χ2n) is 5.68. The van der Waals surface area contributed by atoms with Gasteiger partial charge in [0.15, 0.2) is 5.69 Å². The van der Waals surface area contributed by atoms with Crippen molar-refractivity contribution in [2.45, 2.75) is 13.1 Å². The second kappa shape index (κ2) is 5.94. The summed E-state index contributed by atoms with van der Waals surface area (Å²) in [6.07, 6.45) is -2.71. The maximum atomic E-state index is 13.1. The van der Waals surface area contributed by atoms with Crippen LogP contribution in [0.2, 0.25) is 0 Å². The Balaban J connectivity index is 2.45. The average Bonchev–Trinajstić information content (AvgIpc) is 2.99. The lowest BCUT2D eigenvalue weighted by Gasteiger charge is -2.15. The normalized spacial score (nSPS) is 11.7. The third-order valence-corrected chi connectivity index (χ3v) is 4.11. The fourth-order valence-corrected chi connectivity index (χ4v) is 2.85. The van der Waals surface area contributed by atoms with Crippen molar-refractivity contribution in [3.05, 3.63) is 47.4 Å². The van der Waals surface area contributed by atoms with Gasteiger partial charge in [-0.25, -0.2) is 4.98 Å². The Kier molecular flexibility index (Phi) is 4.02. The molecule has 0 fully saturated rings. The number of nitrogen functional groups attached to an aromatic ring is 1. The first kappa shape index (κ1) is 17.6. The Morgan fingerprint density at radius 1 is 1.27 bits per heavy atom. The second-order valence-corrected chi connectivity index (χ2v) is 5.68. The molecule has 3 aromatic rings. The summed E-state index contributed by atoms with van der Waals surface area (Å²) < 4.78 is 45.7. The molecule has 1 amide bonds. The monoisotopic (exact) mass is 364 g/mol. The molecule has 2 aromatic heterocycles. The average molecular weight is 364 g/mol. The molecule has 136 valence electrons. The molecule has 6 nitrogen and oxygen atoms in total. The first-order valence-electron chi connectivity index (χ1n) is 7.47. The molecule has 0 aliphatic carbocycles. The minimum absolute atomic E-state index is 0.0313. The standard InChI is InChI=1S/C17H15F3N4O2/c1-8-9(4-3-5-11(8)26-2)13-14(21)10(15(22)25)6-24-7-12(17(18,19)20)23-16(13)24/h3-7H,21H2,1-2H3,(H2,22,25). The van der Waals surface area contributed by atoms with Gasteiger partial charge in [0.2, 0.25) is 0 Å². The fourth-order valence-electron chi connectivity index (χ4n) is 2.85. The number of pyridine rings is 1. The number of benzene rings is 1. The van der Waals surface area contributed by atoms with Gasteiger partial charge < -0.3 is 20.6 Å². The highest BCUT2D eigenvalue weighted by atomic mass is 19.4. The van der Waals surface area contributed by atoms with Gasteiger partial charge in [0, 0.05) is 18.0 Å². The van der Waals surface area contributed by atoms with Crippen LogP contribution in [0.15, 0.2) is 30.6 Å². The number of halogens is 3. The summed E-state index contributed by atoms with van der Waals surface area (Å²) in [5.41, 5.74) is 11.5. The summed E-state index contributed by atoms with van der Waals surface area (Å²) in [5.74, 6) is -0.333. The van der Waals surface area contributed by atoms with Gasteiger partial charge in [-0.3, -0.25) is 4.79 Å². The number of rotatable bonds is 3. The molecule has 0 saturated heterocycles. The van der Waals surface area contributed by atoms with Gasteiger partial charge in [-0.05, 0) is 24.1 Å². The molecule has 1 aromatic carbocycles. The van der Waals surface area contributed by atoms with E-state index in [-0.39, 0.29) is 22.5 Å². The first-order chi connectivity index (χ1) is 12.1. The summed E-state index contributed by atoms with van der Waals surface area (Å²) >= 11 is 0. The van der Waals surface area contributed by atoms with Gasteiger partial charge in [-0.1, -0.05) is 12.1 Å². The summed E-state index contributed by atoms with van der Waals surface area (Å²) in [6.45, 7) is 1.73. The van der Waals surface area contributed by atoms with Crippen molar-refractivity contribution in [1.82, 2.24) is 9.38 Å². The quantitative estimate of drug-likeness (QED) is 0.747. The lowest BCUT2D eigenvalue weighted by molar-refractivity contribution is -0.140. The highest BCUT2D eigenvalue weighted by Gasteiger charge is 2.35. The van der Waals surface area contributed by atoms with Crippen molar-refractivity contribution in [3.8, 4) is 16.9 Å². The Morgan fingerprint density at radius 3 is 2.54 bits per heavy atom. The number of nitrogens with zero attached hydrogens (tertiary/aromatic N) is 2. The maximum absolute atomic E-state index is 13.1. The number of hydrogen-bond donors (Lipinski definition) is 2. The van der Waals surface area contributed by atoms with Crippen LogP contribution in [0.3, 0.4) is 0 Å². The summed E-state index contributed by atoms with van der Waals surface area (Å²) in [4.78, 5) is 15.4. The van der Waals surface area contributed by atoms with Crippen molar-refractivity contribution in [2.24, 2.45) is 5.73 Å². The van der Waals surface area contributed by atoms with Crippen molar-refractivity contribution >= 4 is 17.2 Å². The van der Waals surface area contributed by atoms with Crippen LogP contribution in [-0.2, 0) is 6.18 Å². The molecule has 3 rings (SSSR count). The van der Waals surface area contributed by atoms with Crippen LogP contribution in [0.1, 0.15) is 21.6 Å². The van der Waals surface area contributed by atoms with Crippen LogP contribution < -0.4 is 16.2 Å². The zero-order chi connectivity index (χ0) is 19.2. The molecule has 2 heterocycles. The lowest BCUT2D eigenvalue weighted by Crippen LogP contribution is -2.15. The van der Waals surface area contributed by atoms with Gasteiger partial charge in [-0.2, -0.15) is 13.2 Å². The molecule has 0 bridgehead atoms. The Hall–Kier alpha value is -3.23. The van der Waals surface area contributed by atoms with Gasteiger partial charge in [0.05, 0.1) is 18.4 Å². The number of hydrogen-bond acceptors (Lipinski definition) is 4. The van der Waals surface area contributed by atoms with Crippen LogP contribution in [0.4, 0.5) is 18.9 Å². The minimum atomic E-state index is -4.64. The Bertz CT molecular complexity index is 1030. The number of imidazole rings is 1. The smallest absolute Gasteiger partial charge is 0.434 e. The number of fused-ring (bicyclic) bond motifs is 1. The SMILES string of the molecule is COc1cccc(-c2c(N)c(C(N)=O)cn3cc(C(F)(F)F)nc23)c1C. The molecular formula is C17H15F3N4O2. The zero-order valence-corrected chi connectivity index (χ0v) is 13.9. The van der Waals surface area contributed by atoms with Crippen LogP contribution in [0.25, 0.3) is 16.8 Å². The topological polar surface area (TPSA) is 95.6 Å². The number of carbonyl (C=O) groups is 1. The van der Waals surface area contributed by atoms with E-state index in [1.807, 2.05) is 0 Å². The molecule has 0 aliphatic heterocycles. The van der Waals surface area contributed by atoms with E-state index in [0.717, 1.165) is 16.8 Å². The number of nitrogens with two attached hydrogens (primary N) is 2. The van der Waals surface area contributed by atoms with E-state index in [9.17, 15) is 18.0 Å². The molecule has 0 atom stereocenters. The number of alkyl halides is 3. The van der Waals surface area contributed by atoms with E-state index >= 15 is 0 Å². The van der Waals surface area contributed by atoms with Gasteiger partial charge >= 0.3 is 6.18 Å². The predicted octanol–water partition coefficient (Wildman–Crippen LogP) is 3.02. The third-order valence-electron chi connectivity index (χ3n) is 4.11. The predicted molar refractivity (Wildman–Crippen MR) is 89.8 cm³/mol. The highest BCUT2D eigenvalue weighted by molar-refractivity contribution is 6.04. The Morgan fingerprint density at radius 2 is 1.96 bits per heavy atom. The molecule has 9 heteroatoms. The van der Waals surface area contributed by atoms with Crippen molar-refractivity contribution < 1.29 is 22.7 Å². The molecule has 4 N–H and O–H groups in total. The van der Waals surface area contributed by atoms with E-state index in [1.165, 1.54) is 7.11 Å². The number of ether oxygens (including phenoxy) is 1. The van der Waals surface area contributed by atoms with E-state index in [4.69, 9.17) is 16.2 Å². The summed E-state index contributed by atoms with van der Waals surface area (Å²) in [6, 6.07) is 5.04. The number of aromatic nitrogens is 2. The number of carbonyl (C=O) groups excluding carboxylic acids is 1. The van der Waals surface area contributed by atoms with E-state index in [1.54, 1.807) is 25.1 Å². The zero-order valence-electron chi connectivity index (χ0n) is 13.9. The molecular weight excluding hydrogens is 349 g/mol. The van der Waals surface area contributed by atoms with Crippen molar-refractivity contribution in [3.63, 3.8) is 0 Å². The Labute approximate surface area is 146 Å². The van der Waals surface area contributed by atoms with Gasteiger partial charge in [-0.15, -0.1) is 0 Å². The van der Waals surface area contributed by atoms with E-state index in [0.29, 0.717) is 16.9 Å². The first-order valence-corrected chi connectivity index (χ1v) is 7.47. The van der Waals surface area contributed by atoms with E-state index < -0.39 is 17.8 Å². The van der Waals surface area contributed by atoms with E-state index in [2.05, 4.69) is 4.98 Å². The molecule has 0 saturated carbocycles. The lowest BCUT2D eigenvalue weighted by atomic mass is 9.97. The van der Waals surface area contributed by atoms with Gasteiger partial charge in [0.25, 0.3) is 5.91 Å². The summed E-state index contributed by atoms with van der Waals surface area (Å²) in [7, 11) is 1.47. The molecule has 0 aliphatic rings. The van der Waals surface area contributed by atoms with Crippen LogP contribution in [-0.4, -0.2) is 22.4 Å². The minimum Gasteiger partial charge on any atom is -0.496 e. The number of methoxy groups -OCH3 is 1. The van der Waals surface area contributed by atoms with Crippen molar-refractivity contribution in [1.29, 1.82) is 0 Å². The fraction of sp³-hybridized carbons (Fsp3) is 0.176. The van der Waals surface area contributed by atoms with Crippen LogP contribution in [0.5, 0.6) is 5.75 Å². The van der Waals surface area contributed by atoms with Gasteiger partial charge in [0.1, 0.15) is 11.4 Å². The number of primary amides is 1. The molecule has 26 heavy (non-hydrogen) atoms. The largest absolute Gasteiger partial charge is 0.496 e. The molecule has 0 radical (unpaired) electrons. The maximum Gasteiger partial charge on any atom is 0.434 e. The van der Waals surface area contributed by atoms with Crippen LogP contribution >= 0.6 is 0 Å². The van der Waals surface area contributed by atoms with Crippen molar-refractivity contribution in [2.75, 3.05) is 12.8 Å². The number of anilines is 1. The molecule has 0 spiro atoms. The van der Waals surface area contributed by atoms with Crippen LogP contribution in [0, 0.1) is 6.92 Å². The molecule has 0 unspecified atom stereocenters. The highest BCUT2D eigenvalue weighted by Crippen LogP contribution is 2.39. The summed E-state index contributed by atoms with van der Waals surface area (Å²) in [5, 5.41) is 0. The third kappa shape index (κ3) is 2.71.